The molecular formula is C24H22N4O4S. The van der Waals surface area contributed by atoms with Crippen molar-refractivity contribution in [2.45, 2.75) is 17.9 Å². The second kappa shape index (κ2) is 9.35. The lowest BCUT2D eigenvalue weighted by molar-refractivity contribution is 0.0948. The predicted molar refractivity (Wildman–Crippen MR) is 125 cm³/mol. The van der Waals surface area contributed by atoms with Crippen LogP contribution in [0.5, 0.6) is 0 Å². The second-order valence-electron chi connectivity index (χ2n) is 7.54. The first-order valence-electron chi connectivity index (χ1n) is 10.3. The minimum atomic E-state index is -3.75. The molecule has 1 amide bonds. The standard InChI is InChI=1S/C24H22N4O4S/c25-33(31,32)19-12-10-17(11-13-19)14-15-26-23(29)22-20-8-4-5-9-21(20)24(30)28(27-22)16-18-6-2-1-3-7-18/h1-13H,14-16H2,(H,26,29)(H2,25,31,32). The van der Waals surface area contributed by atoms with Crippen LogP contribution in [0.4, 0.5) is 0 Å². The molecule has 0 saturated heterocycles. The maximum Gasteiger partial charge on any atom is 0.274 e. The smallest absolute Gasteiger partial charge is 0.274 e. The molecule has 4 rings (SSSR count). The van der Waals surface area contributed by atoms with E-state index in [1.807, 2.05) is 30.3 Å². The number of carbonyl (C=O) groups is 1. The van der Waals surface area contributed by atoms with Gasteiger partial charge in [0.25, 0.3) is 11.5 Å². The molecule has 0 spiro atoms. The number of hydrogen-bond donors (Lipinski definition) is 2. The van der Waals surface area contributed by atoms with Crippen molar-refractivity contribution in [3.05, 3.63) is 106 Å². The molecule has 0 saturated carbocycles. The monoisotopic (exact) mass is 462 g/mol. The summed E-state index contributed by atoms with van der Waals surface area (Å²) in [5.74, 6) is -0.394. The first-order chi connectivity index (χ1) is 15.8. The molecule has 9 heteroatoms. The van der Waals surface area contributed by atoms with Gasteiger partial charge in [-0.15, -0.1) is 0 Å². The van der Waals surface area contributed by atoms with Crippen molar-refractivity contribution >= 4 is 26.7 Å². The minimum Gasteiger partial charge on any atom is -0.350 e. The third kappa shape index (κ3) is 5.16. The largest absolute Gasteiger partial charge is 0.350 e. The number of primary sulfonamides is 1. The van der Waals surface area contributed by atoms with E-state index in [2.05, 4.69) is 10.4 Å². The van der Waals surface area contributed by atoms with E-state index in [4.69, 9.17) is 5.14 Å². The van der Waals surface area contributed by atoms with Crippen molar-refractivity contribution < 1.29 is 13.2 Å². The Morgan fingerprint density at radius 3 is 2.18 bits per heavy atom. The molecule has 3 N–H and O–H groups in total. The summed E-state index contributed by atoms with van der Waals surface area (Å²) in [4.78, 5) is 25.9. The highest BCUT2D eigenvalue weighted by Crippen LogP contribution is 2.14. The number of rotatable bonds is 7. The van der Waals surface area contributed by atoms with Crippen molar-refractivity contribution in [1.82, 2.24) is 15.1 Å². The third-order valence-electron chi connectivity index (χ3n) is 5.21. The zero-order chi connectivity index (χ0) is 23.4. The highest BCUT2D eigenvalue weighted by atomic mass is 32.2. The van der Waals surface area contributed by atoms with Gasteiger partial charge in [-0.05, 0) is 35.7 Å². The van der Waals surface area contributed by atoms with Gasteiger partial charge < -0.3 is 5.32 Å². The number of sulfonamides is 1. The summed E-state index contributed by atoms with van der Waals surface area (Å²) in [5.41, 5.74) is 1.65. The number of nitrogens with one attached hydrogen (secondary N) is 1. The summed E-state index contributed by atoms with van der Waals surface area (Å²) in [6, 6.07) is 22.5. The van der Waals surface area contributed by atoms with E-state index in [-0.39, 0.29) is 22.7 Å². The predicted octanol–water partition coefficient (Wildman–Crippen LogP) is 2.06. The molecule has 0 bridgehead atoms. The molecule has 0 aliphatic heterocycles. The molecule has 1 aromatic heterocycles. The van der Waals surface area contributed by atoms with Gasteiger partial charge in [0.15, 0.2) is 5.69 Å². The van der Waals surface area contributed by atoms with Crippen LogP contribution in [0.3, 0.4) is 0 Å². The van der Waals surface area contributed by atoms with Crippen molar-refractivity contribution in [3.63, 3.8) is 0 Å². The highest BCUT2D eigenvalue weighted by molar-refractivity contribution is 7.89. The lowest BCUT2D eigenvalue weighted by Crippen LogP contribution is -2.32. The molecule has 1 heterocycles. The van der Waals surface area contributed by atoms with Gasteiger partial charge in [0.2, 0.25) is 10.0 Å². The zero-order valence-electron chi connectivity index (χ0n) is 17.6. The number of hydrogen-bond acceptors (Lipinski definition) is 5. The number of aromatic nitrogens is 2. The number of carbonyl (C=O) groups excluding carboxylic acids is 1. The van der Waals surface area contributed by atoms with E-state index in [9.17, 15) is 18.0 Å². The van der Waals surface area contributed by atoms with Gasteiger partial charge in [-0.3, -0.25) is 9.59 Å². The number of benzene rings is 3. The normalized spacial score (nSPS) is 11.4. The zero-order valence-corrected chi connectivity index (χ0v) is 18.5. The summed E-state index contributed by atoms with van der Waals surface area (Å²) in [6.07, 6.45) is 0.484. The van der Waals surface area contributed by atoms with E-state index < -0.39 is 15.9 Å². The van der Waals surface area contributed by atoms with Gasteiger partial charge >= 0.3 is 0 Å². The van der Waals surface area contributed by atoms with Crippen molar-refractivity contribution in [2.24, 2.45) is 5.14 Å². The Morgan fingerprint density at radius 2 is 1.52 bits per heavy atom. The Labute approximate surface area is 190 Å². The van der Waals surface area contributed by atoms with E-state index in [0.717, 1.165) is 11.1 Å². The molecule has 168 valence electrons. The average Bonchev–Trinajstić information content (AvgIpc) is 2.81. The van der Waals surface area contributed by atoms with Gasteiger partial charge in [0.1, 0.15) is 0 Å². The van der Waals surface area contributed by atoms with Crippen LogP contribution in [0.25, 0.3) is 10.8 Å². The maximum atomic E-state index is 13.0. The van der Waals surface area contributed by atoms with E-state index in [1.165, 1.54) is 16.8 Å². The molecule has 0 unspecified atom stereocenters. The average molecular weight is 463 g/mol. The molecule has 33 heavy (non-hydrogen) atoms. The van der Waals surface area contributed by atoms with Crippen LogP contribution in [-0.2, 0) is 23.0 Å². The van der Waals surface area contributed by atoms with Crippen LogP contribution in [0.2, 0.25) is 0 Å². The highest BCUT2D eigenvalue weighted by Gasteiger charge is 2.16. The van der Waals surface area contributed by atoms with Gasteiger partial charge in [0.05, 0.1) is 16.8 Å². The lowest BCUT2D eigenvalue weighted by atomic mass is 10.1. The Bertz CT molecular complexity index is 1460. The molecule has 0 aliphatic rings. The Hall–Kier alpha value is -3.82. The van der Waals surface area contributed by atoms with Crippen molar-refractivity contribution in [1.29, 1.82) is 0 Å². The van der Waals surface area contributed by atoms with Crippen LogP contribution >= 0.6 is 0 Å². The fraction of sp³-hybridized carbons (Fsp3) is 0.125. The Kier molecular flexibility index (Phi) is 6.34. The maximum absolute atomic E-state index is 13.0. The summed E-state index contributed by atoms with van der Waals surface area (Å²) >= 11 is 0. The summed E-state index contributed by atoms with van der Waals surface area (Å²) in [6.45, 7) is 0.558. The molecular weight excluding hydrogens is 440 g/mol. The minimum absolute atomic E-state index is 0.0339. The molecule has 8 nitrogen and oxygen atoms in total. The van der Waals surface area contributed by atoms with Gasteiger partial charge in [0, 0.05) is 11.9 Å². The number of amides is 1. The first kappa shape index (κ1) is 22.4. The van der Waals surface area contributed by atoms with E-state index in [0.29, 0.717) is 23.7 Å². The topological polar surface area (TPSA) is 124 Å². The fourth-order valence-electron chi connectivity index (χ4n) is 3.52. The molecule has 3 aromatic carbocycles. The van der Waals surface area contributed by atoms with Gasteiger partial charge in [-0.2, -0.15) is 5.10 Å². The van der Waals surface area contributed by atoms with Crippen LogP contribution in [0.15, 0.2) is 88.6 Å². The molecule has 0 aliphatic carbocycles. The number of nitrogens with zero attached hydrogens (tertiary/aromatic N) is 2. The van der Waals surface area contributed by atoms with Crippen LogP contribution in [0, 0.1) is 0 Å². The van der Waals surface area contributed by atoms with Gasteiger partial charge in [-0.25, -0.2) is 18.2 Å². The summed E-state index contributed by atoms with van der Waals surface area (Å²) < 4.78 is 24.0. The Balaban J connectivity index is 1.55. The van der Waals surface area contributed by atoms with E-state index >= 15 is 0 Å². The molecule has 0 fully saturated rings. The number of fused-ring (bicyclic) bond motifs is 1. The van der Waals surface area contributed by atoms with Crippen molar-refractivity contribution in [2.75, 3.05) is 6.54 Å². The summed E-state index contributed by atoms with van der Waals surface area (Å²) in [7, 11) is -3.75. The quantitative estimate of drug-likeness (QED) is 0.435. The van der Waals surface area contributed by atoms with Crippen LogP contribution in [-0.4, -0.2) is 30.7 Å². The van der Waals surface area contributed by atoms with Crippen LogP contribution < -0.4 is 16.0 Å². The molecule has 0 atom stereocenters. The lowest BCUT2D eigenvalue weighted by Gasteiger charge is -2.12. The SMILES string of the molecule is NS(=O)(=O)c1ccc(CCNC(=O)c2nn(Cc3ccccc3)c(=O)c3ccccc23)cc1. The molecule has 4 aromatic rings. The fourth-order valence-corrected chi connectivity index (χ4v) is 4.03. The number of nitrogens with two attached hydrogens (primary N) is 1. The summed E-state index contributed by atoms with van der Waals surface area (Å²) in [5, 5.41) is 13.2. The third-order valence-corrected chi connectivity index (χ3v) is 6.14. The first-order valence-corrected chi connectivity index (χ1v) is 11.8. The van der Waals surface area contributed by atoms with Crippen molar-refractivity contribution in [3.8, 4) is 0 Å². The van der Waals surface area contributed by atoms with E-state index in [1.54, 1.807) is 36.4 Å². The Morgan fingerprint density at radius 1 is 0.879 bits per heavy atom. The van der Waals surface area contributed by atoms with Crippen LogP contribution in [0.1, 0.15) is 21.6 Å². The van der Waals surface area contributed by atoms with Gasteiger partial charge in [-0.1, -0.05) is 60.7 Å². The molecule has 0 radical (unpaired) electrons. The second-order valence-corrected chi connectivity index (χ2v) is 9.10.